The molecule has 0 aromatic heterocycles. The molecule has 0 radical (unpaired) electrons. The summed E-state index contributed by atoms with van der Waals surface area (Å²) in [5.74, 6) is 1.96. The molecule has 1 fully saturated rings. The second-order valence-electron chi connectivity index (χ2n) is 9.25. The first-order chi connectivity index (χ1) is 13.6. The summed E-state index contributed by atoms with van der Waals surface area (Å²) in [5.41, 5.74) is -0.470. The molecule has 178 valence electrons. The summed E-state index contributed by atoms with van der Waals surface area (Å²) < 4.78 is 5.43. The first-order valence-corrected chi connectivity index (χ1v) is 11.3. The molecule has 7 nitrogen and oxygen atoms in total. The van der Waals surface area contributed by atoms with Gasteiger partial charge in [0.05, 0.1) is 0 Å². The Morgan fingerprint density at radius 1 is 1.27 bits per heavy atom. The molecule has 8 heteroatoms. The lowest BCUT2D eigenvalue weighted by molar-refractivity contribution is 0.0279. The second kappa shape index (κ2) is 14.3. The molecule has 0 aromatic carbocycles. The van der Waals surface area contributed by atoms with Crippen molar-refractivity contribution in [3.05, 3.63) is 0 Å². The number of likely N-dealkylation sites (tertiary alicyclic amines) is 1. The topological polar surface area (TPSA) is 60.4 Å². The zero-order valence-corrected chi connectivity index (χ0v) is 22.9. The Morgan fingerprint density at radius 3 is 2.43 bits per heavy atom. The van der Waals surface area contributed by atoms with Crippen molar-refractivity contribution in [1.29, 1.82) is 0 Å². The van der Waals surface area contributed by atoms with E-state index in [1.165, 1.54) is 13.0 Å². The third kappa shape index (κ3) is 11.0. The van der Waals surface area contributed by atoms with Crippen molar-refractivity contribution in [3.8, 4) is 0 Å². The maximum absolute atomic E-state index is 12.2. The molecule has 1 aliphatic rings. The molecule has 0 spiro atoms. The highest BCUT2D eigenvalue weighted by atomic mass is 127. The number of aliphatic imine (C=N–C) groups is 1. The minimum atomic E-state index is -0.470. The molecule has 1 amide bonds. The van der Waals surface area contributed by atoms with Crippen LogP contribution in [0.3, 0.4) is 0 Å². The van der Waals surface area contributed by atoms with Crippen LogP contribution < -0.4 is 5.32 Å². The number of rotatable bonds is 9. The van der Waals surface area contributed by atoms with Gasteiger partial charge in [0, 0.05) is 46.3 Å². The van der Waals surface area contributed by atoms with Crippen LogP contribution in [0.15, 0.2) is 4.99 Å². The SMILES string of the molecule is CCNC(=NCC(C)CN(C)C(=O)OC(C)(C)C)N1CCC(CN(CC)CC)C1.I. The molecule has 1 heterocycles. The lowest BCUT2D eigenvalue weighted by Gasteiger charge is -2.27. The van der Waals surface area contributed by atoms with Crippen LogP contribution >= 0.6 is 24.0 Å². The minimum absolute atomic E-state index is 0. The summed E-state index contributed by atoms with van der Waals surface area (Å²) in [4.78, 5) is 23.6. The van der Waals surface area contributed by atoms with Gasteiger partial charge in [-0.1, -0.05) is 20.8 Å². The molecule has 2 unspecified atom stereocenters. The number of nitrogens with zero attached hydrogens (tertiary/aromatic N) is 4. The molecule has 0 bridgehead atoms. The Labute approximate surface area is 202 Å². The fraction of sp³-hybridized carbons (Fsp3) is 0.909. The number of nitrogens with one attached hydrogen (secondary N) is 1. The number of carbonyl (C=O) groups is 1. The Balaban J connectivity index is 0.00000841. The predicted octanol–water partition coefficient (Wildman–Crippen LogP) is 3.74. The number of ether oxygens (including phenoxy) is 1. The molecule has 30 heavy (non-hydrogen) atoms. The maximum Gasteiger partial charge on any atom is 0.410 e. The van der Waals surface area contributed by atoms with Gasteiger partial charge >= 0.3 is 6.09 Å². The van der Waals surface area contributed by atoms with Crippen molar-refractivity contribution >= 4 is 36.0 Å². The number of hydrogen-bond acceptors (Lipinski definition) is 4. The molecule has 0 aromatic rings. The van der Waals surface area contributed by atoms with Crippen molar-refractivity contribution in [1.82, 2.24) is 20.0 Å². The summed E-state index contributed by atoms with van der Waals surface area (Å²) in [6.45, 7) is 22.1. The quantitative estimate of drug-likeness (QED) is 0.275. The van der Waals surface area contributed by atoms with Crippen LogP contribution in [0.4, 0.5) is 4.79 Å². The van der Waals surface area contributed by atoms with E-state index in [1.54, 1.807) is 11.9 Å². The molecule has 0 saturated carbocycles. The Hall–Kier alpha value is -0.770. The van der Waals surface area contributed by atoms with Gasteiger partial charge in [0.25, 0.3) is 0 Å². The van der Waals surface area contributed by atoms with Gasteiger partial charge in [0.15, 0.2) is 5.96 Å². The molecule has 1 saturated heterocycles. The normalized spacial score (nSPS) is 18.2. The van der Waals surface area contributed by atoms with Gasteiger partial charge < -0.3 is 24.8 Å². The summed E-state index contributed by atoms with van der Waals surface area (Å²) in [7, 11) is 1.79. The Bertz CT molecular complexity index is 520. The summed E-state index contributed by atoms with van der Waals surface area (Å²) in [6.07, 6.45) is 0.941. The standard InChI is InChI=1S/C22H45N5O2.HI/c1-9-23-20(27-13-12-19(17-27)16-26(10-2)11-3)24-14-18(4)15-25(8)21(28)29-22(5,6)7;/h18-19H,9-17H2,1-8H3,(H,23,24);1H. The maximum atomic E-state index is 12.2. The van der Waals surface area contributed by atoms with Crippen molar-refractivity contribution in [2.45, 2.75) is 60.5 Å². The van der Waals surface area contributed by atoms with Gasteiger partial charge in [-0.3, -0.25) is 4.99 Å². The van der Waals surface area contributed by atoms with Gasteiger partial charge in [-0.2, -0.15) is 0 Å². The zero-order valence-electron chi connectivity index (χ0n) is 20.5. The van der Waals surface area contributed by atoms with Gasteiger partial charge in [0.2, 0.25) is 0 Å². The minimum Gasteiger partial charge on any atom is -0.444 e. The number of carbonyl (C=O) groups excluding carboxylic acids is 1. The van der Waals surface area contributed by atoms with E-state index in [1.807, 2.05) is 20.8 Å². The molecular weight excluding hydrogens is 493 g/mol. The predicted molar refractivity (Wildman–Crippen MR) is 137 cm³/mol. The smallest absolute Gasteiger partial charge is 0.410 e. The lowest BCUT2D eigenvalue weighted by atomic mass is 10.1. The highest BCUT2D eigenvalue weighted by Crippen LogP contribution is 2.18. The molecule has 1 rings (SSSR count). The molecule has 1 aliphatic heterocycles. The Kier molecular flexibility index (Phi) is 14.0. The van der Waals surface area contributed by atoms with Crippen molar-refractivity contribution in [3.63, 3.8) is 0 Å². The second-order valence-corrected chi connectivity index (χ2v) is 9.25. The van der Waals surface area contributed by atoms with E-state index < -0.39 is 5.60 Å². The monoisotopic (exact) mass is 539 g/mol. The van der Waals surface area contributed by atoms with Crippen molar-refractivity contribution in [2.24, 2.45) is 16.8 Å². The van der Waals surface area contributed by atoms with Gasteiger partial charge in [-0.15, -0.1) is 24.0 Å². The van der Waals surface area contributed by atoms with Gasteiger partial charge in [0.1, 0.15) is 5.60 Å². The first kappa shape index (κ1) is 29.2. The average molecular weight is 540 g/mol. The van der Waals surface area contributed by atoms with Crippen LogP contribution in [0.25, 0.3) is 0 Å². The summed E-state index contributed by atoms with van der Waals surface area (Å²) in [5, 5.41) is 3.45. The average Bonchev–Trinajstić information content (AvgIpc) is 3.10. The lowest BCUT2D eigenvalue weighted by Crippen LogP contribution is -2.41. The third-order valence-electron chi connectivity index (χ3n) is 5.17. The summed E-state index contributed by atoms with van der Waals surface area (Å²) in [6, 6.07) is 0. The van der Waals surface area contributed by atoms with Gasteiger partial charge in [-0.25, -0.2) is 4.79 Å². The number of halogens is 1. The van der Waals surface area contributed by atoms with E-state index in [2.05, 4.69) is 42.8 Å². The van der Waals surface area contributed by atoms with Crippen LogP contribution in [0.5, 0.6) is 0 Å². The van der Waals surface area contributed by atoms with Crippen LogP contribution in [-0.4, -0.2) is 91.8 Å². The third-order valence-corrected chi connectivity index (χ3v) is 5.17. The molecule has 2 atom stereocenters. The molecule has 0 aliphatic carbocycles. The number of guanidine groups is 1. The van der Waals surface area contributed by atoms with E-state index in [0.29, 0.717) is 19.0 Å². The highest BCUT2D eigenvalue weighted by Gasteiger charge is 2.26. The van der Waals surface area contributed by atoms with E-state index in [4.69, 9.17) is 9.73 Å². The zero-order chi connectivity index (χ0) is 22.0. The van der Waals surface area contributed by atoms with E-state index in [-0.39, 0.29) is 36.0 Å². The summed E-state index contributed by atoms with van der Waals surface area (Å²) >= 11 is 0. The van der Waals surface area contributed by atoms with Crippen LogP contribution in [0.2, 0.25) is 0 Å². The van der Waals surface area contributed by atoms with E-state index in [9.17, 15) is 4.79 Å². The highest BCUT2D eigenvalue weighted by molar-refractivity contribution is 14.0. The molecule has 1 N–H and O–H groups in total. The first-order valence-electron chi connectivity index (χ1n) is 11.3. The van der Waals surface area contributed by atoms with E-state index >= 15 is 0 Å². The number of hydrogen-bond donors (Lipinski definition) is 1. The Morgan fingerprint density at radius 2 is 1.90 bits per heavy atom. The fourth-order valence-corrected chi connectivity index (χ4v) is 3.63. The fourth-order valence-electron chi connectivity index (χ4n) is 3.63. The van der Waals surface area contributed by atoms with Crippen LogP contribution in [0.1, 0.15) is 54.9 Å². The van der Waals surface area contributed by atoms with Crippen molar-refractivity contribution in [2.75, 3.05) is 59.4 Å². The van der Waals surface area contributed by atoms with E-state index in [0.717, 1.165) is 38.7 Å². The molecular formula is C22H46IN5O2. The van der Waals surface area contributed by atoms with Gasteiger partial charge in [-0.05, 0) is 59.0 Å². The van der Waals surface area contributed by atoms with Crippen LogP contribution in [0, 0.1) is 11.8 Å². The van der Waals surface area contributed by atoms with Crippen molar-refractivity contribution < 1.29 is 9.53 Å². The largest absolute Gasteiger partial charge is 0.444 e. The van der Waals surface area contributed by atoms with Crippen LogP contribution in [-0.2, 0) is 4.74 Å². The number of amides is 1.